The fraction of sp³-hybridized carbons (Fsp3) is 0.236. The standard InChI is InChI=1S/C55H53NO6/c1-5-6-7-14-52(60-38(3)57)62-55(58)61-48-33-23-41(24-34-48)49(40-21-31-47(59-4)32-22-40)13-8-10-39-17-29-46(30-18-39)56(45-27-15-37(2)16-28-45)51-36-26-44-20-19-42-11-9-12-43-25-35-50(51)54(44)53(42)43/h9,11-12,15-36,49,52H,5-8,10,13-14H2,1-4H3. The van der Waals surface area contributed by atoms with Gasteiger partial charge in [0.25, 0.3) is 6.29 Å². The van der Waals surface area contributed by atoms with Gasteiger partial charge in [-0.2, -0.15) is 0 Å². The van der Waals surface area contributed by atoms with Crippen molar-refractivity contribution in [2.75, 3.05) is 12.0 Å². The van der Waals surface area contributed by atoms with Gasteiger partial charge in [-0.05, 0) is 131 Å². The van der Waals surface area contributed by atoms with Gasteiger partial charge in [-0.25, -0.2) is 4.79 Å². The zero-order valence-corrected chi connectivity index (χ0v) is 35.9. The minimum atomic E-state index is -0.979. The van der Waals surface area contributed by atoms with Crippen molar-refractivity contribution in [2.45, 2.75) is 77.9 Å². The van der Waals surface area contributed by atoms with Crippen molar-refractivity contribution < 1.29 is 28.5 Å². The van der Waals surface area contributed by atoms with Gasteiger partial charge in [-0.15, -0.1) is 0 Å². The molecular formula is C55H53NO6. The predicted molar refractivity (Wildman–Crippen MR) is 251 cm³/mol. The number of carbonyl (C=O) groups excluding carboxylic acids is 2. The lowest BCUT2D eigenvalue weighted by atomic mass is 9.86. The van der Waals surface area contributed by atoms with Crippen LogP contribution in [0.4, 0.5) is 21.9 Å². The molecule has 0 fully saturated rings. The summed E-state index contributed by atoms with van der Waals surface area (Å²) in [5, 5.41) is 7.59. The van der Waals surface area contributed by atoms with Crippen molar-refractivity contribution in [3.05, 3.63) is 174 Å². The zero-order valence-electron chi connectivity index (χ0n) is 35.9. The number of aryl methyl sites for hydroxylation is 2. The van der Waals surface area contributed by atoms with E-state index in [4.69, 9.17) is 18.9 Å². The maximum absolute atomic E-state index is 12.7. The van der Waals surface area contributed by atoms with E-state index >= 15 is 0 Å². The van der Waals surface area contributed by atoms with Crippen molar-refractivity contribution in [2.24, 2.45) is 0 Å². The van der Waals surface area contributed by atoms with E-state index in [0.717, 1.165) is 66.9 Å². The van der Waals surface area contributed by atoms with E-state index < -0.39 is 18.4 Å². The second-order valence-corrected chi connectivity index (χ2v) is 16.1. The lowest BCUT2D eigenvalue weighted by Gasteiger charge is -2.28. The van der Waals surface area contributed by atoms with E-state index in [1.54, 1.807) is 19.2 Å². The SMILES string of the molecule is CCCCCC(OC(C)=O)OC(=O)Oc1ccc(C(CCCc2ccc(N(c3ccc(C)cc3)c3ccc4ccc5cccc6ccc3c4c56)cc2)c2ccc(OC)cc2)cc1. The molecule has 0 spiro atoms. The molecule has 0 amide bonds. The number of methoxy groups -OCH3 is 1. The molecule has 0 saturated carbocycles. The molecule has 2 atom stereocenters. The average molecular weight is 824 g/mol. The van der Waals surface area contributed by atoms with Crippen molar-refractivity contribution in [3.8, 4) is 11.5 Å². The molecule has 8 aromatic carbocycles. The molecule has 0 aliphatic rings. The monoisotopic (exact) mass is 823 g/mol. The van der Waals surface area contributed by atoms with Gasteiger partial charge in [0.05, 0.1) is 12.8 Å². The van der Waals surface area contributed by atoms with E-state index in [1.807, 2.05) is 24.3 Å². The van der Waals surface area contributed by atoms with Crippen LogP contribution in [0.25, 0.3) is 32.3 Å². The van der Waals surface area contributed by atoms with Crippen molar-refractivity contribution in [1.82, 2.24) is 0 Å². The third-order valence-corrected chi connectivity index (χ3v) is 11.8. The van der Waals surface area contributed by atoms with Gasteiger partial charge in [-0.3, -0.25) is 4.79 Å². The highest BCUT2D eigenvalue weighted by molar-refractivity contribution is 6.25. The lowest BCUT2D eigenvalue weighted by Crippen LogP contribution is -2.25. The van der Waals surface area contributed by atoms with E-state index in [-0.39, 0.29) is 5.92 Å². The molecule has 314 valence electrons. The van der Waals surface area contributed by atoms with E-state index in [2.05, 4.69) is 134 Å². The smallest absolute Gasteiger partial charge is 0.497 e. The predicted octanol–water partition coefficient (Wildman–Crippen LogP) is 14.5. The van der Waals surface area contributed by atoms with Crippen LogP contribution in [0.15, 0.2) is 152 Å². The van der Waals surface area contributed by atoms with Crippen LogP contribution >= 0.6 is 0 Å². The summed E-state index contributed by atoms with van der Waals surface area (Å²) in [4.78, 5) is 26.7. The minimum Gasteiger partial charge on any atom is -0.497 e. The number of anilines is 3. The Balaban J connectivity index is 1.000. The first-order chi connectivity index (χ1) is 30.3. The average Bonchev–Trinajstić information content (AvgIpc) is 3.29. The van der Waals surface area contributed by atoms with Gasteiger partial charge >= 0.3 is 12.1 Å². The van der Waals surface area contributed by atoms with Gasteiger partial charge < -0.3 is 23.8 Å². The molecule has 0 aliphatic carbocycles. The van der Waals surface area contributed by atoms with Crippen molar-refractivity contribution >= 4 is 61.5 Å². The molecule has 0 aromatic heterocycles. The van der Waals surface area contributed by atoms with Crippen LogP contribution < -0.4 is 14.4 Å². The van der Waals surface area contributed by atoms with Crippen LogP contribution in [0.1, 0.15) is 80.5 Å². The Morgan fingerprint density at radius 3 is 1.82 bits per heavy atom. The molecule has 2 unspecified atom stereocenters. The Kier molecular flexibility index (Phi) is 13.0. The molecule has 62 heavy (non-hydrogen) atoms. The summed E-state index contributed by atoms with van der Waals surface area (Å²) in [6, 6.07) is 53.6. The molecule has 0 bridgehead atoms. The van der Waals surface area contributed by atoms with Crippen LogP contribution in [0.5, 0.6) is 11.5 Å². The molecule has 7 nitrogen and oxygen atoms in total. The topological polar surface area (TPSA) is 74.3 Å². The van der Waals surface area contributed by atoms with Crippen molar-refractivity contribution in [1.29, 1.82) is 0 Å². The number of hydrogen-bond acceptors (Lipinski definition) is 7. The van der Waals surface area contributed by atoms with Crippen LogP contribution in [-0.2, 0) is 20.7 Å². The Hall–Kier alpha value is -6.86. The molecule has 7 heteroatoms. The molecule has 0 N–H and O–H groups in total. The van der Waals surface area contributed by atoms with E-state index in [9.17, 15) is 9.59 Å². The van der Waals surface area contributed by atoms with Gasteiger partial charge in [0.1, 0.15) is 11.5 Å². The van der Waals surface area contributed by atoms with Gasteiger partial charge in [0.15, 0.2) is 0 Å². The maximum Gasteiger partial charge on any atom is 0.516 e. The van der Waals surface area contributed by atoms with Crippen molar-refractivity contribution in [3.63, 3.8) is 0 Å². The number of hydrogen-bond donors (Lipinski definition) is 0. The van der Waals surface area contributed by atoms with Gasteiger partial charge in [0.2, 0.25) is 0 Å². The number of esters is 1. The summed E-state index contributed by atoms with van der Waals surface area (Å²) < 4.78 is 21.5. The molecule has 0 radical (unpaired) electrons. The summed E-state index contributed by atoms with van der Waals surface area (Å²) in [6.45, 7) is 5.50. The van der Waals surface area contributed by atoms with E-state index in [0.29, 0.717) is 12.2 Å². The van der Waals surface area contributed by atoms with Crippen LogP contribution in [-0.4, -0.2) is 25.5 Å². The fourth-order valence-corrected chi connectivity index (χ4v) is 8.60. The molecule has 0 aliphatic heterocycles. The molecule has 0 saturated heterocycles. The first-order valence-electron chi connectivity index (χ1n) is 21.7. The lowest BCUT2D eigenvalue weighted by molar-refractivity contribution is -0.168. The van der Waals surface area contributed by atoms with Crippen LogP contribution in [0.3, 0.4) is 0 Å². The Morgan fingerprint density at radius 2 is 1.19 bits per heavy atom. The normalized spacial score (nSPS) is 12.3. The number of carbonyl (C=O) groups is 2. The maximum atomic E-state index is 12.7. The molecular weight excluding hydrogens is 771 g/mol. The Bertz CT molecular complexity index is 2730. The summed E-state index contributed by atoms with van der Waals surface area (Å²) >= 11 is 0. The second-order valence-electron chi connectivity index (χ2n) is 16.1. The number of ether oxygens (including phenoxy) is 4. The largest absolute Gasteiger partial charge is 0.516 e. The van der Waals surface area contributed by atoms with E-state index in [1.165, 1.54) is 55.9 Å². The zero-order chi connectivity index (χ0) is 43.0. The highest BCUT2D eigenvalue weighted by Crippen LogP contribution is 2.44. The highest BCUT2D eigenvalue weighted by Gasteiger charge is 2.21. The number of unbranched alkanes of at least 4 members (excludes halogenated alkanes) is 2. The number of nitrogens with zero attached hydrogens (tertiary/aromatic N) is 1. The Morgan fingerprint density at radius 1 is 0.597 bits per heavy atom. The molecule has 0 heterocycles. The third kappa shape index (κ3) is 9.53. The highest BCUT2D eigenvalue weighted by atomic mass is 16.8. The Labute approximate surface area is 364 Å². The van der Waals surface area contributed by atoms with Crippen LogP contribution in [0.2, 0.25) is 0 Å². The third-order valence-electron chi connectivity index (χ3n) is 11.8. The quantitative estimate of drug-likeness (QED) is 0.0298. The van der Waals surface area contributed by atoms with Gasteiger partial charge in [0, 0.05) is 36.0 Å². The minimum absolute atomic E-state index is 0.0969. The molecule has 8 aromatic rings. The summed E-state index contributed by atoms with van der Waals surface area (Å²) in [5.41, 5.74) is 8.14. The first-order valence-corrected chi connectivity index (χ1v) is 21.7. The second kappa shape index (κ2) is 19.2. The van der Waals surface area contributed by atoms with Gasteiger partial charge in [-0.1, -0.05) is 122 Å². The van der Waals surface area contributed by atoms with Crippen LogP contribution in [0, 0.1) is 6.92 Å². The number of benzene rings is 8. The molecule has 8 rings (SSSR count). The fourth-order valence-electron chi connectivity index (χ4n) is 8.60. The summed E-state index contributed by atoms with van der Waals surface area (Å²) in [5.74, 6) is 0.744. The summed E-state index contributed by atoms with van der Waals surface area (Å²) in [7, 11) is 1.67. The summed E-state index contributed by atoms with van der Waals surface area (Å²) in [6.07, 6.45) is 4.00. The number of rotatable bonds is 17. The first kappa shape index (κ1) is 41.9.